The van der Waals surface area contributed by atoms with Crippen LogP contribution in [0.3, 0.4) is 0 Å². The number of aromatic hydroxyl groups is 1. The van der Waals surface area contributed by atoms with Crippen molar-refractivity contribution in [3.63, 3.8) is 0 Å². The molecule has 0 spiro atoms. The van der Waals surface area contributed by atoms with E-state index in [1.54, 1.807) is 18.2 Å². The minimum Gasteiger partial charge on any atom is -0.504 e. The first-order valence-electron chi connectivity index (χ1n) is 6.93. The molecule has 118 valence electrons. The molecule has 1 amide bonds. The van der Waals surface area contributed by atoms with E-state index < -0.39 is 5.91 Å². The van der Waals surface area contributed by atoms with Crippen LogP contribution in [0.25, 0.3) is 10.2 Å². The molecule has 2 N–H and O–H groups in total. The molecule has 0 aliphatic carbocycles. The predicted molar refractivity (Wildman–Crippen MR) is 88.1 cm³/mol. The number of nitrogens with one attached hydrogen (secondary N) is 1. The number of phenols is 1. The molecule has 0 fully saturated rings. The smallest absolute Gasteiger partial charge is 0.278 e. The summed E-state index contributed by atoms with van der Waals surface area (Å²) in [5.41, 5.74) is 3.51. The molecule has 7 heteroatoms. The zero-order valence-electron chi connectivity index (χ0n) is 12.4. The lowest BCUT2D eigenvalue weighted by Crippen LogP contribution is -2.27. The van der Waals surface area contributed by atoms with Crippen LogP contribution >= 0.6 is 11.3 Å². The van der Waals surface area contributed by atoms with Gasteiger partial charge in [0.25, 0.3) is 5.91 Å². The standard InChI is InChI=1S/C16H15N3O3S/c1-19-11-6-2-5-9-14(11)23-16(19)18-17-15(21)10-22-13-8-4-3-7-12(13)20/h2-9,20H,10H2,1H3,(H,17,21)/b18-16-. The molecule has 0 aliphatic rings. The Morgan fingerprint density at radius 3 is 2.78 bits per heavy atom. The average Bonchev–Trinajstić information content (AvgIpc) is 2.89. The summed E-state index contributed by atoms with van der Waals surface area (Å²) in [7, 11) is 1.89. The minimum absolute atomic E-state index is 0.00635. The Labute approximate surface area is 136 Å². The zero-order chi connectivity index (χ0) is 16.2. The molecule has 2 aromatic carbocycles. The van der Waals surface area contributed by atoms with Crippen LogP contribution < -0.4 is 15.0 Å². The molecule has 1 heterocycles. The van der Waals surface area contributed by atoms with Crippen LogP contribution in [0.5, 0.6) is 11.5 Å². The van der Waals surface area contributed by atoms with Gasteiger partial charge < -0.3 is 14.4 Å². The van der Waals surface area contributed by atoms with Crippen LogP contribution in [0.15, 0.2) is 53.6 Å². The highest BCUT2D eigenvalue weighted by molar-refractivity contribution is 7.16. The van der Waals surface area contributed by atoms with Gasteiger partial charge in [0.1, 0.15) is 0 Å². The first-order chi connectivity index (χ1) is 11.1. The lowest BCUT2D eigenvalue weighted by molar-refractivity contribution is -0.123. The normalized spacial score (nSPS) is 11.6. The third-order valence-corrected chi connectivity index (χ3v) is 4.33. The first-order valence-corrected chi connectivity index (χ1v) is 7.75. The number of rotatable bonds is 4. The van der Waals surface area contributed by atoms with Crippen LogP contribution in [-0.2, 0) is 11.8 Å². The molecule has 0 bridgehead atoms. The van der Waals surface area contributed by atoms with Crippen molar-refractivity contribution in [3.8, 4) is 11.5 Å². The van der Waals surface area contributed by atoms with Gasteiger partial charge >= 0.3 is 0 Å². The Bertz CT molecular complexity index is 914. The number of aromatic nitrogens is 1. The van der Waals surface area contributed by atoms with E-state index in [1.807, 2.05) is 35.9 Å². The maximum Gasteiger partial charge on any atom is 0.278 e. The molecule has 6 nitrogen and oxygen atoms in total. The largest absolute Gasteiger partial charge is 0.504 e. The van der Waals surface area contributed by atoms with Crippen molar-refractivity contribution >= 4 is 27.5 Å². The van der Waals surface area contributed by atoms with Gasteiger partial charge in [0, 0.05) is 7.05 Å². The summed E-state index contributed by atoms with van der Waals surface area (Å²) in [4.78, 5) is 12.5. The molecule has 0 radical (unpaired) electrons. The van der Waals surface area contributed by atoms with Gasteiger partial charge in [-0.05, 0) is 24.3 Å². The van der Waals surface area contributed by atoms with Gasteiger partial charge in [0.15, 0.2) is 18.1 Å². The number of nitrogens with zero attached hydrogens (tertiary/aromatic N) is 2. The number of carbonyl (C=O) groups is 1. The van der Waals surface area contributed by atoms with E-state index >= 15 is 0 Å². The Balaban J connectivity index is 1.68. The molecule has 0 saturated carbocycles. The van der Waals surface area contributed by atoms with E-state index in [4.69, 9.17) is 4.74 Å². The monoisotopic (exact) mass is 329 g/mol. The quantitative estimate of drug-likeness (QED) is 0.719. The second-order valence-electron chi connectivity index (χ2n) is 4.81. The summed E-state index contributed by atoms with van der Waals surface area (Å²) in [6.07, 6.45) is 0. The maximum absolute atomic E-state index is 11.8. The lowest BCUT2D eigenvalue weighted by Gasteiger charge is -2.06. The number of para-hydroxylation sites is 3. The third-order valence-electron chi connectivity index (χ3n) is 3.22. The van der Waals surface area contributed by atoms with Gasteiger partial charge in [0.2, 0.25) is 4.80 Å². The summed E-state index contributed by atoms with van der Waals surface area (Å²) in [6, 6.07) is 14.4. The lowest BCUT2D eigenvalue weighted by atomic mass is 10.3. The Hall–Kier alpha value is -2.80. The highest BCUT2D eigenvalue weighted by Gasteiger charge is 2.06. The van der Waals surface area contributed by atoms with E-state index in [1.165, 1.54) is 17.4 Å². The topological polar surface area (TPSA) is 75.9 Å². The van der Waals surface area contributed by atoms with E-state index in [0.29, 0.717) is 4.80 Å². The van der Waals surface area contributed by atoms with Crippen molar-refractivity contribution in [1.82, 2.24) is 9.99 Å². The van der Waals surface area contributed by atoms with Crippen molar-refractivity contribution in [1.29, 1.82) is 0 Å². The maximum atomic E-state index is 11.8. The van der Waals surface area contributed by atoms with E-state index in [2.05, 4.69) is 10.5 Å². The zero-order valence-corrected chi connectivity index (χ0v) is 13.2. The van der Waals surface area contributed by atoms with Crippen LogP contribution in [0.2, 0.25) is 0 Å². The molecule has 3 aromatic rings. The molecule has 0 saturated heterocycles. The summed E-state index contributed by atoms with van der Waals surface area (Å²) >= 11 is 1.48. The molecule has 0 atom stereocenters. The van der Waals surface area contributed by atoms with Gasteiger partial charge in [-0.15, -0.1) is 5.10 Å². The van der Waals surface area contributed by atoms with Crippen LogP contribution in [0.1, 0.15) is 0 Å². The van der Waals surface area contributed by atoms with Crippen molar-refractivity contribution in [2.45, 2.75) is 0 Å². The molecule has 3 rings (SSSR count). The van der Waals surface area contributed by atoms with Gasteiger partial charge in [-0.3, -0.25) is 4.79 Å². The van der Waals surface area contributed by atoms with Gasteiger partial charge in [-0.2, -0.15) is 0 Å². The van der Waals surface area contributed by atoms with Crippen molar-refractivity contribution < 1.29 is 14.6 Å². The second kappa shape index (κ2) is 6.53. The summed E-state index contributed by atoms with van der Waals surface area (Å²) < 4.78 is 8.25. The fraction of sp³-hybridized carbons (Fsp3) is 0.125. The van der Waals surface area contributed by atoms with Crippen LogP contribution in [-0.4, -0.2) is 22.2 Å². The Morgan fingerprint density at radius 2 is 2.00 bits per heavy atom. The first kappa shape index (κ1) is 15.1. The number of aryl methyl sites for hydroxylation is 1. The number of amides is 1. The number of fused-ring (bicyclic) bond motifs is 1. The second-order valence-corrected chi connectivity index (χ2v) is 5.82. The van der Waals surface area contributed by atoms with Crippen LogP contribution in [0.4, 0.5) is 0 Å². The van der Waals surface area contributed by atoms with Gasteiger partial charge in [-0.25, -0.2) is 5.43 Å². The highest BCUT2D eigenvalue weighted by Crippen LogP contribution is 2.23. The number of hydrogen-bond donors (Lipinski definition) is 2. The van der Waals surface area contributed by atoms with E-state index in [0.717, 1.165) is 10.2 Å². The van der Waals surface area contributed by atoms with Crippen LogP contribution in [0, 0.1) is 0 Å². The number of ether oxygens (including phenoxy) is 1. The molecular formula is C16H15N3O3S. The van der Waals surface area contributed by atoms with Gasteiger partial charge in [0.05, 0.1) is 10.2 Å². The summed E-state index contributed by atoms with van der Waals surface area (Å²) in [6.45, 7) is -0.227. The number of phenolic OH excluding ortho intramolecular Hbond substituents is 1. The average molecular weight is 329 g/mol. The third kappa shape index (κ3) is 3.35. The Kier molecular flexibility index (Phi) is 4.29. The fourth-order valence-electron chi connectivity index (χ4n) is 2.05. The highest BCUT2D eigenvalue weighted by atomic mass is 32.1. The predicted octanol–water partition coefficient (Wildman–Crippen LogP) is 1.96. The van der Waals surface area contributed by atoms with Crippen molar-refractivity contribution in [2.24, 2.45) is 12.1 Å². The number of thiazole rings is 1. The van der Waals surface area contributed by atoms with E-state index in [9.17, 15) is 9.90 Å². The number of benzene rings is 2. The molecule has 0 unspecified atom stereocenters. The summed E-state index contributed by atoms with van der Waals surface area (Å²) in [5.74, 6) is -0.145. The molecule has 1 aromatic heterocycles. The van der Waals surface area contributed by atoms with E-state index in [-0.39, 0.29) is 18.1 Å². The minimum atomic E-state index is -0.397. The molecule has 0 aliphatic heterocycles. The SMILES string of the molecule is Cn1/c(=N/NC(=O)COc2ccccc2O)sc2ccccc21. The number of carbonyl (C=O) groups excluding carboxylic acids is 1. The molecule has 23 heavy (non-hydrogen) atoms. The number of hydrogen-bond acceptors (Lipinski definition) is 5. The van der Waals surface area contributed by atoms with Crippen molar-refractivity contribution in [2.75, 3.05) is 6.61 Å². The van der Waals surface area contributed by atoms with Gasteiger partial charge in [-0.1, -0.05) is 35.6 Å². The summed E-state index contributed by atoms with van der Waals surface area (Å²) in [5, 5.41) is 13.7. The van der Waals surface area contributed by atoms with Crippen molar-refractivity contribution in [3.05, 3.63) is 53.3 Å². The fourth-order valence-corrected chi connectivity index (χ4v) is 3.03. The molecular weight excluding hydrogens is 314 g/mol. The Morgan fingerprint density at radius 1 is 1.26 bits per heavy atom.